The van der Waals surface area contributed by atoms with Gasteiger partial charge in [0.1, 0.15) is 0 Å². The molecule has 0 aliphatic carbocycles. The molecule has 0 spiro atoms. The van der Waals surface area contributed by atoms with E-state index in [0.717, 1.165) is 12.2 Å². The van der Waals surface area contributed by atoms with Crippen molar-refractivity contribution in [2.24, 2.45) is 0 Å². The van der Waals surface area contributed by atoms with E-state index in [1.165, 1.54) is 0 Å². The Morgan fingerprint density at radius 3 is 0.545 bits per heavy atom. The second-order valence-corrected chi connectivity index (χ2v) is 1.08. The Morgan fingerprint density at radius 2 is 0.545 bits per heavy atom. The highest BCUT2D eigenvalue weighted by molar-refractivity contribution is 5.79. The summed E-state index contributed by atoms with van der Waals surface area (Å²) in [5, 5.41) is 15.2. The second-order valence-electron chi connectivity index (χ2n) is 1.08. The number of hydrogen-bond acceptors (Lipinski definition) is 2. The van der Waals surface area contributed by atoms with Crippen LogP contribution in [0.25, 0.3) is 0 Å². The highest BCUT2D eigenvalue weighted by Gasteiger charge is 1.73. The van der Waals surface area contributed by atoms with Crippen LogP contribution in [0.1, 0.15) is 0 Å². The maximum atomic E-state index is 9.25. The van der Waals surface area contributed by atoms with Crippen molar-refractivity contribution in [2.75, 3.05) is 0 Å². The van der Waals surface area contributed by atoms with Gasteiger partial charge in [0, 0.05) is 12.2 Å². The normalized spacial score (nSPS) is 4.00. The van der Waals surface area contributed by atoms with Gasteiger partial charge in [-0.1, -0.05) is 13.2 Å². The summed E-state index contributed by atoms with van der Waals surface area (Å²) in [5.41, 5.74) is 0. The van der Waals surface area contributed by atoms with E-state index in [1.807, 2.05) is 0 Å². The number of rotatable bonds is 2. The molecule has 0 aliphatic rings. The van der Waals surface area contributed by atoms with Crippen LogP contribution in [0.4, 0.5) is 0 Å². The Morgan fingerprint density at radius 1 is 0.500 bits per heavy atom. The first-order valence-electron chi connectivity index (χ1n) is 5.25. The van der Waals surface area contributed by atoms with Crippen molar-refractivity contribution in [1.29, 1.82) is 0 Å². The largest absolute Gasteiger partial charge is 0.478 e. The second kappa shape index (κ2) is 215. The van der Waals surface area contributed by atoms with Gasteiger partial charge in [-0.3, -0.25) is 0 Å². The van der Waals surface area contributed by atoms with Gasteiger partial charge in [-0.05, 0) is 0 Å². The monoisotopic (exact) mass is 312 g/mol. The lowest BCUT2D eigenvalue weighted by Gasteiger charge is -1.64. The predicted molar refractivity (Wildman–Crippen MR) is 103 cm³/mol. The fraction of sp³-hybridized carbons (Fsp3) is 0. The summed E-state index contributed by atoms with van der Waals surface area (Å²) >= 11 is 0. The van der Waals surface area contributed by atoms with Crippen molar-refractivity contribution in [3.8, 4) is 0 Å². The molecular weight excluding hydrogens is 280 g/mol. The molecule has 0 aromatic heterocycles. The summed E-state index contributed by atoms with van der Waals surface area (Å²) in [7, 11) is 0. The molecule has 0 atom stereocenters. The van der Waals surface area contributed by atoms with Gasteiger partial charge in [0.2, 0.25) is 0 Å². The lowest BCUT2D eigenvalue weighted by molar-refractivity contribution is -0.132. The lowest BCUT2D eigenvalue weighted by Crippen LogP contribution is -1.82. The highest BCUT2D eigenvalue weighted by atomic mass is 16.4. The van der Waals surface area contributed by atoms with E-state index in [-0.39, 0.29) is 0 Å². The Balaban J connectivity index is -0.0000000180. The molecule has 0 heterocycles. The fourth-order valence-electron chi connectivity index (χ4n) is 0. The third kappa shape index (κ3) is 5730. The summed E-state index contributed by atoms with van der Waals surface area (Å²) in [6.07, 6.45) is 1.67. The lowest BCUT2D eigenvalue weighted by atomic mass is 10.7. The number of carboxylic acids is 2. The Hall–Kier alpha value is -3.14. The van der Waals surface area contributed by atoms with Crippen LogP contribution in [0.15, 0.2) is 104 Å². The minimum absolute atomic E-state index is 0.833. The van der Waals surface area contributed by atoms with Crippen LogP contribution in [0.3, 0.4) is 0 Å². The van der Waals surface area contributed by atoms with Crippen LogP contribution in [-0.4, -0.2) is 22.2 Å². The number of aliphatic carboxylic acids is 2. The molecule has 0 rings (SSSR count). The Bertz CT molecular complexity index is 190. The summed E-state index contributed by atoms with van der Waals surface area (Å²) in [6.45, 7) is 41.9. The molecule has 0 saturated heterocycles. The molecule has 4 nitrogen and oxygen atoms in total. The number of carboxylic acid groups (broad SMARTS) is 2. The van der Waals surface area contributed by atoms with Crippen molar-refractivity contribution in [3.05, 3.63) is 104 Å². The van der Waals surface area contributed by atoms with Crippen molar-refractivity contribution in [3.63, 3.8) is 0 Å². The summed E-state index contributed by atoms with van der Waals surface area (Å²) in [6, 6.07) is 0. The maximum Gasteiger partial charge on any atom is 0.327 e. The van der Waals surface area contributed by atoms with E-state index in [1.54, 1.807) is 0 Å². The maximum absolute atomic E-state index is 9.25. The van der Waals surface area contributed by atoms with Crippen LogP contribution in [0.5, 0.6) is 0 Å². The van der Waals surface area contributed by atoms with Gasteiger partial charge in [0.15, 0.2) is 0 Å². The average molecular weight is 312 g/mol. The molecule has 0 aromatic carbocycles. The van der Waals surface area contributed by atoms with Crippen LogP contribution in [0, 0.1) is 0 Å². The van der Waals surface area contributed by atoms with Crippen molar-refractivity contribution < 1.29 is 19.8 Å². The zero-order chi connectivity index (χ0) is 20.6. The van der Waals surface area contributed by atoms with Crippen LogP contribution in [0.2, 0.25) is 0 Å². The van der Waals surface area contributed by atoms with Gasteiger partial charge in [-0.25, -0.2) is 9.59 Å². The van der Waals surface area contributed by atoms with Gasteiger partial charge >= 0.3 is 11.9 Å². The smallest absolute Gasteiger partial charge is 0.327 e. The van der Waals surface area contributed by atoms with Gasteiger partial charge in [-0.15, -0.1) is 78.9 Å². The molecule has 0 aromatic rings. The average Bonchev–Trinajstić information content (AvgIpc) is 2.65. The zero-order valence-corrected chi connectivity index (χ0v) is 13.8. The molecule has 0 radical (unpaired) electrons. The zero-order valence-electron chi connectivity index (χ0n) is 13.8. The summed E-state index contributed by atoms with van der Waals surface area (Å²) in [4.78, 5) is 18.5. The van der Waals surface area contributed by atoms with E-state index in [9.17, 15) is 9.59 Å². The molecule has 0 fully saturated rings. The minimum Gasteiger partial charge on any atom is -0.478 e. The van der Waals surface area contributed by atoms with Crippen LogP contribution >= 0.6 is 0 Å². The standard InChI is InChI=1S/2C3H4O2.6C2H4/c2*1-2-3(4)5;6*1-2/h2*2H,1H2,(H,4,5);6*1-2H2. The number of carbonyl (C=O) groups is 2. The molecule has 4 heteroatoms. The van der Waals surface area contributed by atoms with Crippen molar-refractivity contribution in [2.45, 2.75) is 0 Å². The van der Waals surface area contributed by atoms with E-state index in [2.05, 4.69) is 92.1 Å². The fourth-order valence-corrected chi connectivity index (χ4v) is 0. The highest BCUT2D eigenvalue weighted by Crippen LogP contribution is 1.55. The van der Waals surface area contributed by atoms with E-state index in [0.29, 0.717) is 0 Å². The van der Waals surface area contributed by atoms with Gasteiger partial charge in [0.05, 0.1) is 0 Å². The predicted octanol–water partition coefficient (Wildman–Crippen LogP) is 5.33. The SMILES string of the molecule is C=C.C=C.C=C.C=C.C=C.C=C.C=CC(=O)O.C=CC(=O)O. The summed E-state index contributed by atoms with van der Waals surface area (Å²) in [5.74, 6) is -1.96. The third-order valence-electron chi connectivity index (χ3n) is 0.349. The molecule has 0 saturated carbocycles. The summed E-state index contributed by atoms with van der Waals surface area (Å²) < 4.78 is 0. The molecule has 128 valence electrons. The molecule has 0 unspecified atom stereocenters. The van der Waals surface area contributed by atoms with Gasteiger partial charge < -0.3 is 10.2 Å². The third-order valence-corrected chi connectivity index (χ3v) is 0.349. The number of hydrogen-bond donors (Lipinski definition) is 2. The van der Waals surface area contributed by atoms with Crippen LogP contribution < -0.4 is 0 Å². The van der Waals surface area contributed by atoms with Gasteiger partial charge in [-0.2, -0.15) is 0 Å². The Kier molecular flexibility index (Phi) is 498. The Labute approximate surface area is 136 Å². The quantitative estimate of drug-likeness (QED) is 0.534. The topological polar surface area (TPSA) is 74.6 Å². The molecule has 0 aliphatic heterocycles. The van der Waals surface area contributed by atoms with Gasteiger partial charge in [0.25, 0.3) is 0 Å². The minimum atomic E-state index is -0.981. The molecule has 0 bridgehead atoms. The molecular formula is C18H32O4. The van der Waals surface area contributed by atoms with Crippen molar-refractivity contribution in [1.82, 2.24) is 0 Å². The molecule has 2 N–H and O–H groups in total. The van der Waals surface area contributed by atoms with E-state index in [4.69, 9.17) is 10.2 Å². The van der Waals surface area contributed by atoms with E-state index < -0.39 is 11.9 Å². The first kappa shape index (κ1) is 51.0. The first-order chi connectivity index (χ1) is 10.5. The molecule has 22 heavy (non-hydrogen) atoms. The van der Waals surface area contributed by atoms with Crippen LogP contribution in [-0.2, 0) is 9.59 Å². The van der Waals surface area contributed by atoms with E-state index >= 15 is 0 Å². The van der Waals surface area contributed by atoms with Crippen molar-refractivity contribution >= 4 is 11.9 Å². The molecule has 0 amide bonds. The first-order valence-corrected chi connectivity index (χ1v) is 5.25.